The van der Waals surface area contributed by atoms with Gasteiger partial charge < -0.3 is 20.4 Å². The van der Waals surface area contributed by atoms with Gasteiger partial charge in [-0.15, -0.1) is 0 Å². The van der Waals surface area contributed by atoms with Crippen molar-refractivity contribution in [3.8, 4) is 0 Å². The first-order valence-electron chi connectivity index (χ1n) is 4.91. The van der Waals surface area contributed by atoms with Crippen LogP contribution in [0.3, 0.4) is 0 Å². The zero-order valence-electron chi connectivity index (χ0n) is 10.1. The van der Waals surface area contributed by atoms with E-state index in [1.807, 2.05) is 0 Å². The van der Waals surface area contributed by atoms with E-state index in [1.54, 1.807) is 0 Å². The van der Waals surface area contributed by atoms with Crippen LogP contribution in [0.1, 0.15) is 27.6 Å². The predicted molar refractivity (Wildman–Crippen MR) is 64.1 cm³/mol. The Kier molecular flexibility index (Phi) is 6.26. The molecule has 0 saturated carbocycles. The summed E-state index contributed by atoms with van der Waals surface area (Å²) < 4.78 is 30.1. The van der Waals surface area contributed by atoms with Gasteiger partial charge in [0, 0.05) is 0 Å². The van der Waals surface area contributed by atoms with Crippen molar-refractivity contribution in [1.29, 1.82) is 0 Å². The molecule has 0 aromatic heterocycles. The summed E-state index contributed by atoms with van der Waals surface area (Å²) in [6, 6.07) is 2.20. The average Bonchev–Trinajstić information content (AvgIpc) is 2.25. The molecule has 0 spiro atoms. The van der Waals surface area contributed by atoms with Crippen LogP contribution in [0.25, 0.3) is 0 Å². The van der Waals surface area contributed by atoms with Crippen molar-refractivity contribution < 1.29 is 43.0 Å². The summed E-state index contributed by atoms with van der Waals surface area (Å²) in [5.41, 5.74) is -1.26. The molecule has 9 nitrogen and oxygen atoms in total. The number of hydrogen-bond acceptors (Lipinski definition) is 6. The standard InChI is InChI=1S/C8H6O7S.C2H6O2/c9-7(10)5-2-1-4(16(13,14)15)3-6(5)8(11)12;1-2(3)4/h1-3H,(H,9,10)(H,11,12)(H,13,14,15);2-4H,1H3. The Bertz CT molecular complexity index is 600. The number of carboxylic acids is 2. The van der Waals surface area contributed by atoms with E-state index in [1.165, 1.54) is 6.92 Å². The van der Waals surface area contributed by atoms with Crippen LogP contribution in [-0.4, -0.2) is 51.6 Å². The summed E-state index contributed by atoms with van der Waals surface area (Å²) >= 11 is 0. The Balaban J connectivity index is 0.000000796. The molecular weight excluding hydrogens is 296 g/mol. The molecule has 0 fully saturated rings. The molecule has 0 saturated heterocycles. The zero-order chi connectivity index (χ0) is 16.1. The van der Waals surface area contributed by atoms with E-state index >= 15 is 0 Å². The third-order valence-corrected chi connectivity index (χ3v) is 2.60. The lowest BCUT2D eigenvalue weighted by Crippen LogP contribution is -2.10. The van der Waals surface area contributed by atoms with Gasteiger partial charge in [-0.1, -0.05) is 0 Å². The Hall–Kier alpha value is -2.01. The van der Waals surface area contributed by atoms with Crippen molar-refractivity contribution >= 4 is 22.1 Å². The second-order valence-corrected chi connectivity index (χ2v) is 4.85. The molecule has 0 aliphatic carbocycles. The van der Waals surface area contributed by atoms with E-state index < -0.39 is 44.4 Å². The number of aliphatic hydroxyl groups excluding tert-OH is 1. The van der Waals surface area contributed by atoms with Gasteiger partial charge >= 0.3 is 11.9 Å². The van der Waals surface area contributed by atoms with Crippen LogP contribution < -0.4 is 0 Å². The van der Waals surface area contributed by atoms with E-state index in [4.69, 9.17) is 25.0 Å². The zero-order valence-corrected chi connectivity index (χ0v) is 10.9. The molecule has 20 heavy (non-hydrogen) atoms. The Morgan fingerprint density at radius 1 is 1.05 bits per heavy atom. The fourth-order valence-corrected chi connectivity index (χ4v) is 1.55. The van der Waals surface area contributed by atoms with E-state index in [0.717, 1.165) is 12.1 Å². The van der Waals surface area contributed by atoms with Crippen molar-refractivity contribution in [3.05, 3.63) is 29.3 Å². The van der Waals surface area contributed by atoms with Crippen LogP contribution in [0.4, 0.5) is 0 Å². The summed E-state index contributed by atoms with van der Waals surface area (Å²) in [6.45, 7) is 1.28. The molecule has 0 radical (unpaired) electrons. The molecule has 1 aromatic carbocycles. The van der Waals surface area contributed by atoms with E-state index in [2.05, 4.69) is 0 Å². The van der Waals surface area contributed by atoms with E-state index in [0.29, 0.717) is 6.07 Å². The van der Waals surface area contributed by atoms with Gasteiger partial charge in [-0.05, 0) is 25.1 Å². The van der Waals surface area contributed by atoms with Gasteiger partial charge in [-0.2, -0.15) is 8.42 Å². The molecule has 0 amide bonds. The van der Waals surface area contributed by atoms with Crippen LogP contribution >= 0.6 is 0 Å². The quantitative estimate of drug-likeness (QED) is 0.369. The third kappa shape index (κ3) is 5.75. The third-order valence-electron chi connectivity index (χ3n) is 1.75. The molecule has 0 aliphatic rings. The van der Waals surface area contributed by atoms with Crippen molar-refractivity contribution in [2.24, 2.45) is 0 Å². The minimum atomic E-state index is -4.56. The molecule has 1 aromatic rings. The second kappa shape index (κ2) is 6.96. The molecule has 0 unspecified atom stereocenters. The van der Waals surface area contributed by atoms with Gasteiger partial charge in [0.05, 0.1) is 16.0 Å². The van der Waals surface area contributed by atoms with Crippen LogP contribution in [0.2, 0.25) is 0 Å². The first-order chi connectivity index (χ1) is 8.96. The normalized spacial score (nSPS) is 10.7. The van der Waals surface area contributed by atoms with Gasteiger partial charge in [0.2, 0.25) is 0 Å². The number of rotatable bonds is 3. The Labute approximate surface area is 113 Å². The fourth-order valence-electron chi connectivity index (χ4n) is 1.05. The molecule has 10 heteroatoms. The number of carboxylic acid groups (broad SMARTS) is 2. The Morgan fingerprint density at radius 2 is 1.45 bits per heavy atom. The minimum Gasteiger partial charge on any atom is -0.478 e. The number of hydrogen-bond donors (Lipinski definition) is 5. The highest BCUT2D eigenvalue weighted by Gasteiger charge is 2.20. The fraction of sp³-hybridized carbons (Fsp3) is 0.200. The first kappa shape index (κ1) is 18.0. The second-order valence-electron chi connectivity index (χ2n) is 3.42. The number of aromatic carboxylic acids is 2. The molecular formula is C10H12O9S. The largest absolute Gasteiger partial charge is 0.478 e. The predicted octanol–water partition coefficient (Wildman–Crippen LogP) is -0.353. The lowest BCUT2D eigenvalue weighted by molar-refractivity contribution is -0.0228. The molecule has 0 aliphatic heterocycles. The topological polar surface area (TPSA) is 169 Å². The lowest BCUT2D eigenvalue weighted by Gasteiger charge is -2.03. The molecule has 112 valence electrons. The summed E-state index contributed by atoms with van der Waals surface area (Å²) in [5.74, 6) is -3.10. The van der Waals surface area contributed by atoms with Crippen LogP contribution in [0.5, 0.6) is 0 Å². The summed E-state index contributed by atoms with van der Waals surface area (Å²) in [4.78, 5) is 20.6. The minimum absolute atomic E-state index is 0.556. The van der Waals surface area contributed by atoms with Gasteiger partial charge in [0.25, 0.3) is 10.1 Å². The van der Waals surface area contributed by atoms with Crippen molar-refractivity contribution in [3.63, 3.8) is 0 Å². The SMILES string of the molecule is CC(O)O.O=C(O)c1ccc(S(=O)(=O)O)cc1C(=O)O. The maximum Gasteiger partial charge on any atom is 0.336 e. The molecule has 1 rings (SSSR count). The number of aliphatic hydroxyl groups is 2. The smallest absolute Gasteiger partial charge is 0.336 e. The molecule has 0 atom stereocenters. The summed E-state index contributed by atoms with van der Waals surface area (Å²) in [6.07, 6.45) is -1.17. The lowest BCUT2D eigenvalue weighted by atomic mass is 10.1. The number of benzene rings is 1. The highest BCUT2D eigenvalue weighted by Crippen LogP contribution is 2.16. The van der Waals surface area contributed by atoms with Crippen molar-refractivity contribution in [1.82, 2.24) is 0 Å². The Morgan fingerprint density at radius 3 is 1.75 bits per heavy atom. The molecule has 0 heterocycles. The van der Waals surface area contributed by atoms with Crippen molar-refractivity contribution in [2.45, 2.75) is 18.1 Å². The van der Waals surface area contributed by atoms with Crippen LogP contribution in [-0.2, 0) is 10.1 Å². The van der Waals surface area contributed by atoms with E-state index in [-0.39, 0.29) is 0 Å². The maximum absolute atomic E-state index is 10.7. The summed E-state index contributed by atoms with van der Waals surface area (Å²) in [5, 5.41) is 32.5. The first-order valence-corrected chi connectivity index (χ1v) is 6.35. The highest BCUT2D eigenvalue weighted by molar-refractivity contribution is 7.85. The van der Waals surface area contributed by atoms with Crippen LogP contribution in [0, 0.1) is 0 Å². The van der Waals surface area contributed by atoms with Gasteiger partial charge in [-0.3, -0.25) is 4.55 Å². The van der Waals surface area contributed by atoms with Gasteiger partial charge in [0.15, 0.2) is 0 Å². The summed E-state index contributed by atoms with van der Waals surface area (Å²) in [7, 11) is -4.56. The molecule has 0 bridgehead atoms. The van der Waals surface area contributed by atoms with E-state index in [9.17, 15) is 18.0 Å². The van der Waals surface area contributed by atoms with Gasteiger partial charge in [-0.25, -0.2) is 9.59 Å². The monoisotopic (exact) mass is 308 g/mol. The van der Waals surface area contributed by atoms with Gasteiger partial charge in [0.1, 0.15) is 6.29 Å². The maximum atomic E-state index is 10.7. The van der Waals surface area contributed by atoms with Crippen LogP contribution in [0.15, 0.2) is 23.1 Å². The average molecular weight is 308 g/mol. The highest BCUT2D eigenvalue weighted by atomic mass is 32.2. The molecule has 5 N–H and O–H groups in total. The van der Waals surface area contributed by atoms with Crippen molar-refractivity contribution in [2.75, 3.05) is 0 Å². The number of carbonyl (C=O) groups is 2.